The summed E-state index contributed by atoms with van der Waals surface area (Å²) in [5, 5.41) is 8.18. The van der Waals surface area contributed by atoms with E-state index < -0.39 is 11.7 Å². The minimum absolute atomic E-state index is 0. The van der Waals surface area contributed by atoms with E-state index in [-0.39, 0.29) is 28.6 Å². The van der Waals surface area contributed by atoms with Crippen LogP contribution in [-0.2, 0) is 6.18 Å². The average Bonchev–Trinajstić information content (AvgIpc) is 2.76. The zero-order chi connectivity index (χ0) is 14.3. The van der Waals surface area contributed by atoms with E-state index in [9.17, 15) is 13.2 Å². The third kappa shape index (κ3) is 2.98. The summed E-state index contributed by atoms with van der Waals surface area (Å²) < 4.78 is 40.0. The van der Waals surface area contributed by atoms with Crippen molar-refractivity contribution in [3.8, 4) is 5.69 Å². The highest BCUT2D eigenvalue weighted by Crippen LogP contribution is 2.31. The van der Waals surface area contributed by atoms with Gasteiger partial charge in [0.2, 0.25) is 0 Å². The molecule has 2 nitrogen and oxygen atoms in total. The maximum absolute atomic E-state index is 12.7. The van der Waals surface area contributed by atoms with E-state index in [1.807, 2.05) is 30.3 Å². The lowest BCUT2D eigenvalue weighted by Gasteiger charge is -2.07. The number of nitrogens with one attached hydrogen (secondary N) is 1. The minimum atomic E-state index is -4.39. The summed E-state index contributed by atoms with van der Waals surface area (Å²) in [5.74, 6) is 0. The molecule has 0 atom stereocenters. The molecule has 1 N–H and O–H groups in total. The van der Waals surface area contributed by atoms with Crippen LogP contribution in [0.5, 0.6) is 0 Å². The number of benzene rings is 2. The van der Waals surface area contributed by atoms with Crippen LogP contribution in [0.4, 0.5) is 13.2 Å². The van der Waals surface area contributed by atoms with Crippen LogP contribution < -0.4 is 4.67 Å². The largest absolute Gasteiger partial charge is 0.416 e. The predicted molar refractivity (Wildman–Crippen MR) is 87.4 cm³/mol. The van der Waals surface area contributed by atoms with Crippen LogP contribution in [0.3, 0.4) is 0 Å². The quantitative estimate of drug-likeness (QED) is 0.546. The van der Waals surface area contributed by atoms with Crippen LogP contribution in [-0.4, -0.2) is 3.96 Å². The van der Waals surface area contributed by atoms with E-state index in [0.29, 0.717) is 10.9 Å². The predicted octanol–water partition coefficient (Wildman–Crippen LogP) is 4.81. The van der Waals surface area contributed by atoms with Gasteiger partial charge in [-0.05, 0) is 41.9 Å². The molecule has 21 heavy (non-hydrogen) atoms. The first kappa shape index (κ1) is 16.0. The minimum Gasteiger partial charge on any atom is -0.289 e. The van der Waals surface area contributed by atoms with Gasteiger partial charge in [-0.25, -0.2) is 0 Å². The summed E-state index contributed by atoms with van der Waals surface area (Å²) >= 11 is 1.12. The van der Waals surface area contributed by atoms with Gasteiger partial charge in [0, 0.05) is 5.39 Å². The van der Waals surface area contributed by atoms with Crippen molar-refractivity contribution in [3.63, 3.8) is 0 Å². The molecule has 110 valence electrons. The first-order chi connectivity index (χ1) is 9.47. The lowest BCUT2D eigenvalue weighted by Crippen LogP contribution is -2.05. The van der Waals surface area contributed by atoms with Crippen molar-refractivity contribution in [1.29, 1.82) is 5.41 Å². The number of aromatic nitrogens is 1. The number of hydrogen-bond acceptors (Lipinski definition) is 2. The van der Waals surface area contributed by atoms with E-state index >= 15 is 0 Å². The summed E-state index contributed by atoms with van der Waals surface area (Å²) in [5.41, 5.74) is 0.719. The monoisotopic (exact) mass is 422 g/mol. The molecule has 1 heterocycles. The van der Waals surface area contributed by atoms with Crippen LogP contribution in [0, 0.1) is 5.41 Å². The van der Waals surface area contributed by atoms with Gasteiger partial charge in [-0.2, -0.15) is 13.2 Å². The van der Waals surface area contributed by atoms with E-state index in [1.165, 1.54) is 6.07 Å². The number of fused-ring (bicyclic) bond motifs is 1. The van der Waals surface area contributed by atoms with Gasteiger partial charge in [0.1, 0.15) is 4.67 Å². The molecular weight excluding hydrogens is 412 g/mol. The number of alkyl halides is 3. The van der Waals surface area contributed by atoms with E-state index in [4.69, 9.17) is 5.41 Å². The fraction of sp³-hybridized carbons (Fsp3) is 0.0714. The number of nitrogens with zero attached hydrogens (tertiary/aromatic N) is 1. The summed E-state index contributed by atoms with van der Waals surface area (Å²) in [6.45, 7) is 0. The third-order valence-electron chi connectivity index (χ3n) is 2.96. The molecule has 0 spiro atoms. The smallest absolute Gasteiger partial charge is 0.289 e. The standard InChI is InChI=1S/C14H9F3N2S.HI/c15-14(16,17)9-6-7-12-11(8-9)13(18)20-19(12)10-4-2-1-3-5-10;/h1-8,18H;1H. The van der Waals surface area contributed by atoms with Crippen molar-refractivity contribution in [3.05, 3.63) is 58.8 Å². The molecule has 0 amide bonds. The van der Waals surface area contributed by atoms with Crippen LogP contribution in [0.15, 0.2) is 48.5 Å². The van der Waals surface area contributed by atoms with Crippen LogP contribution in [0.2, 0.25) is 0 Å². The number of para-hydroxylation sites is 1. The highest BCUT2D eigenvalue weighted by molar-refractivity contribution is 14.0. The van der Waals surface area contributed by atoms with Gasteiger partial charge < -0.3 is 0 Å². The molecular formula is C14H10F3IN2S. The number of rotatable bonds is 1. The van der Waals surface area contributed by atoms with Crippen molar-refractivity contribution >= 4 is 46.4 Å². The molecule has 0 saturated heterocycles. The van der Waals surface area contributed by atoms with Gasteiger partial charge in [0.25, 0.3) is 0 Å². The van der Waals surface area contributed by atoms with Crippen LogP contribution >= 0.6 is 35.5 Å². The summed E-state index contributed by atoms with van der Waals surface area (Å²) in [6, 6.07) is 12.8. The molecule has 0 aliphatic rings. The molecule has 3 rings (SSSR count). The Balaban J connectivity index is 0.00000161. The highest BCUT2D eigenvalue weighted by Gasteiger charge is 2.30. The molecule has 0 bridgehead atoms. The van der Waals surface area contributed by atoms with Gasteiger partial charge in [-0.1, -0.05) is 18.2 Å². The fourth-order valence-corrected chi connectivity index (χ4v) is 2.95. The van der Waals surface area contributed by atoms with Crippen molar-refractivity contribution in [2.45, 2.75) is 6.18 Å². The Morgan fingerprint density at radius 2 is 1.67 bits per heavy atom. The second kappa shape index (κ2) is 5.80. The second-order valence-electron chi connectivity index (χ2n) is 4.28. The normalized spacial score (nSPS) is 11.4. The Hall–Kier alpha value is -1.35. The van der Waals surface area contributed by atoms with Crippen LogP contribution in [0.25, 0.3) is 16.6 Å². The van der Waals surface area contributed by atoms with Crippen LogP contribution in [0.1, 0.15) is 5.56 Å². The molecule has 7 heteroatoms. The Bertz CT molecular complexity index is 822. The summed E-state index contributed by atoms with van der Waals surface area (Å²) in [7, 11) is 0. The molecule has 0 saturated carbocycles. The highest BCUT2D eigenvalue weighted by atomic mass is 127. The average molecular weight is 422 g/mol. The number of halogens is 4. The molecule has 3 aromatic rings. The molecule has 2 aromatic carbocycles. The molecule has 0 fully saturated rings. The molecule has 0 aliphatic carbocycles. The van der Waals surface area contributed by atoms with Crippen molar-refractivity contribution in [2.24, 2.45) is 0 Å². The van der Waals surface area contributed by atoms with E-state index in [2.05, 4.69) is 0 Å². The SMILES string of the molecule is I.N=c1sn(-c2ccccc2)c2ccc(C(F)(F)F)cc12. The Morgan fingerprint density at radius 3 is 2.29 bits per heavy atom. The molecule has 1 aromatic heterocycles. The Morgan fingerprint density at radius 1 is 1.00 bits per heavy atom. The van der Waals surface area contributed by atoms with Crippen molar-refractivity contribution in [2.75, 3.05) is 0 Å². The zero-order valence-electron chi connectivity index (χ0n) is 10.5. The Labute approximate surface area is 139 Å². The van der Waals surface area contributed by atoms with Gasteiger partial charge in [-0.3, -0.25) is 9.37 Å². The first-order valence-electron chi connectivity index (χ1n) is 5.80. The third-order valence-corrected chi connectivity index (χ3v) is 3.95. The lowest BCUT2D eigenvalue weighted by molar-refractivity contribution is -0.137. The molecule has 0 aliphatic heterocycles. The maximum atomic E-state index is 12.7. The van der Waals surface area contributed by atoms with Crippen molar-refractivity contribution in [1.82, 2.24) is 3.96 Å². The summed E-state index contributed by atoms with van der Waals surface area (Å²) in [6.07, 6.45) is -4.39. The molecule has 0 unspecified atom stereocenters. The maximum Gasteiger partial charge on any atom is 0.416 e. The fourth-order valence-electron chi connectivity index (χ4n) is 2.02. The first-order valence-corrected chi connectivity index (χ1v) is 6.57. The van der Waals surface area contributed by atoms with E-state index in [1.54, 1.807) is 3.96 Å². The lowest BCUT2D eigenvalue weighted by atomic mass is 10.1. The van der Waals surface area contributed by atoms with E-state index in [0.717, 1.165) is 29.4 Å². The van der Waals surface area contributed by atoms with Gasteiger partial charge in [0.05, 0.1) is 16.8 Å². The topological polar surface area (TPSA) is 28.8 Å². The van der Waals surface area contributed by atoms with Gasteiger partial charge >= 0.3 is 6.18 Å². The van der Waals surface area contributed by atoms with Gasteiger partial charge in [0.15, 0.2) is 0 Å². The second-order valence-corrected chi connectivity index (χ2v) is 5.24. The Kier molecular flexibility index (Phi) is 4.43. The van der Waals surface area contributed by atoms with Crippen molar-refractivity contribution < 1.29 is 13.2 Å². The summed E-state index contributed by atoms with van der Waals surface area (Å²) in [4.78, 5) is 0. The van der Waals surface area contributed by atoms with Gasteiger partial charge in [-0.15, -0.1) is 24.0 Å². The zero-order valence-corrected chi connectivity index (χ0v) is 13.7. The molecule has 0 radical (unpaired) electrons. The number of hydrogen-bond donors (Lipinski definition) is 1.